The Balaban J connectivity index is 2.74. The molecule has 0 aromatic heterocycles. The van der Waals surface area contributed by atoms with E-state index >= 15 is 0 Å². The first kappa shape index (κ1) is 10.4. The van der Waals surface area contributed by atoms with E-state index in [4.69, 9.17) is 0 Å². The Bertz CT molecular complexity index is 86.2. The van der Waals surface area contributed by atoms with Crippen LogP contribution in [0, 0.1) is 0 Å². The molecule has 0 aromatic rings. The standard InChI is InChI=1S/C8H18N2O/c1-2-9-6-4-3-5-7-10-8-11/h8-9H,2-7H2,1H3,(H,10,11). The highest BCUT2D eigenvalue weighted by Crippen LogP contribution is 1.91. The molecule has 0 aliphatic carbocycles. The second kappa shape index (κ2) is 9.43. The highest BCUT2D eigenvalue weighted by atomic mass is 16.1. The van der Waals surface area contributed by atoms with Gasteiger partial charge >= 0.3 is 0 Å². The Morgan fingerprint density at radius 1 is 1.18 bits per heavy atom. The van der Waals surface area contributed by atoms with Crippen molar-refractivity contribution < 1.29 is 4.79 Å². The second-order valence-corrected chi connectivity index (χ2v) is 2.49. The molecule has 11 heavy (non-hydrogen) atoms. The third-order valence-corrected chi connectivity index (χ3v) is 1.51. The summed E-state index contributed by atoms with van der Waals surface area (Å²) in [6.45, 7) is 5.06. The molecule has 1 amide bonds. The molecular weight excluding hydrogens is 140 g/mol. The Kier molecular flexibility index (Phi) is 8.94. The normalized spacial score (nSPS) is 9.55. The van der Waals surface area contributed by atoms with Crippen molar-refractivity contribution in [3.05, 3.63) is 0 Å². The molecule has 66 valence electrons. The summed E-state index contributed by atoms with van der Waals surface area (Å²) in [4.78, 5) is 9.82. The predicted octanol–water partition coefficient (Wildman–Crippen LogP) is 0.512. The van der Waals surface area contributed by atoms with Gasteiger partial charge in [-0.05, 0) is 25.9 Å². The van der Waals surface area contributed by atoms with Crippen LogP contribution < -0.4 is 10.6 Å². The van der Waals surface area contributed by atoms with Gasteiger partial charge in [-0.15, -0.1) is 0 Å². The SMILES string of the molecule is CCNCCCCCNC=O. The predicted molar refractivity (Wildman–Crippen MR) is 46.5 cm³/mol. The molecule has 3 nitrogen and oxygen atoms in total. The van der Waals surface area contributed by atoms with Crippen LogP contribution in [0.25, 0.3) is 0 Å². The third kappa shape index (κ3) is 9.43. The summed E-state index contributed by atoms with van der Waals surface area (Å²) in [7, 11) is 0. The van der Waals surface area contributed by atoms with E-state index in [0.29, 0.717) is 0 Å². The first-order chi connectivity index (χ1) is 5.41. The van der Waals surface area contributed by atoms with Crippen LogP contribution in [0.5, 0.6) is 0 Å². The summed E-state index contributed by atoms with van der Waals surface area (Å²) in [5.41, 5.74) is 0. The summed E-state index contributed by atoms with van der Waals surface area (Å²) in [6, 6.07) is 0. The molecule has 0 fully saturated rings. The summed E-state index contributed by atoms with van der Waals surface area (Å²) < 4.78 is 0. The van der Waals surface area contributed by atoms with Crippen LogP contribution in [0.3, 0.4) is 0 Å². The summed E-state index contributed by atoms with van der Waals surface area (Å²) in [5, 5.41) is 5.89. The van der Waals surface area contributed by atoms with Crippen molar-refractivity contribution in [1.29, 1.82) is 0 Å². The minimum Gasteiger partial charge on any atom is -0.359 e. The number of rotatable bonds is 8. The van der Waals surface area contributed by atoms with Crippen molar-refractivity contribution in [3.8, 4) is 0 Å². The van der Waals surface area contributed by atoms with Crippen LogP contribution in [0.2, 0.25) is 0 Å². The van der Waals surface area contributed by atoms with Gasteiger partial charge in [0.2, 0.25) is 6.41 Å². The van der Waals surface area contributed by atoms with Gasteiger partial charge in [-0.3, -0.25) is 4.79 Å². The Morgan fingerprint density at radius 2 is 1.91 bits per heavy atom. The molecule has 0 saturated heterocycles. The van der Waals surface area contributed by atoms with Gasteiger partial charge < -0.3 is 10.6 Å². The van der Waals surface area contributed by atoms with Gasteiger partial charge in [0.05, 0.1) is 0 Å². The zero-order valence-electron chi connectivity index (χ0n) is 7.23. The lowest BCUT2D eigenvalue weighted by molar-refractivity contribution is -0.109. The van der Waals surface area contributed by atoms with Gasteiger partial charge in [0.15, 0.2) is 0 Å². The Hall–Kier alpha value is -0.570. The molecule has 0 aliphatic rings. The fraction of sp³-hybridized carbons (Fsp3) is 0.875. The monoisotopic (exact) mass is 158 g/mol. The number of hydrogen-bond donors (Lipinski definition) is 2. The zero-order chi connectivity index (χ0) is 8.36. The molecule has 0 radical (unpaired) electrons. The van der Waals surface area contributed by atoms with E-state index in [1.54, 1.807) is 0 Å². The number of hydrogen-bond acceptors (Lipinski definition) is 2. The van der Waals surface area contributed by atoms with Crippen LogP contribution in [0.4, 0.5) is 0 Å². The van der Waals surface area contributed by atoms with Gasteiger partial charge in [-0.25, -0.2) is 0 Å². The van der Waals surface area contributed by atoms with Crippen molar-refractivity contribution in [3.63, 3.8) is 0 Å². The number of carbonyl (C=O) groups excluding carboxylic acids is 1. The molecule has 3 heteroatoms. The average Bonchev–Trinajstić information content (AvgIpc) is 2.03. The number of carbonyl (C=O) groups is 1. The maximum atomic E-state index is 9.82. The fourth-order valence-corrected chi connectivity index (χ4v) is 0.890. The van der Waals surface area contributed by atoms with Gasteiger partial charge in [0.25, 0.3) is 0 Å². The number of amides is 1. The summed E-state index contributed by atoms with van der Waals surface area (Å²) in [6.07, 6.45) is 4.23. The summed E-state index contributed by atoms with van der Waals surface area (Å²) in [5.74, 6) is 0. The van der Waals surface area contributed by atoms with Crippen molar-refractivity contribution in [2.75, 3.05) is 19.6 Å². The Labute approximate surface area is 68.6 Å². The Morgan fingerprint density at radius 3 is 2.55 bits per heavy atom. The lowest BCUT2D eigenvalue weighted by Crippen LogP contribution is -2.15. The van der Waals surface area contributed by atoms with Gasteiger partial charge in [-0.1, -0.05) is 13.3 Å². The van der Waals surface area contributed by atoms with Crippen LogP contribution in [0.15, 0.2) is 0 Å². The highest BCUT2D eigenvalue weighted by molar-refractivity contribution is 5.45. The van der Waals surface area contributed by atoms with Crippen molar-refractivity contribution in [1.82, 2.24) is 10.6 Å². The van der Waals surface area contributed by atoms with Crippen molar-refractivity contribution >= 4 is 6.41 Å². The van der Waals surface area contributed by atoms with Gasteiger partial charge in [0, 0.05) is 6.54 Å². The molecule has 0 heterocycles. The van der Waals surface area contributed by atoms with Crippen LogP contribution >= 0.6 is 0 Å². The van der Waals surface area contributed by atoms with E-state index in [1.807, 2.05) is 0 Å². The fourth-order valence-electron chi connectivity index (χ4n) is 0.890. The molecule has 0 bridgehead atoms. The minimum absolute atomic E-state index is 0.754. The number of unbranched alkanes of at least 4 members (excludes halogenated alkanes) is 2. The second-order valence-electron chi connectivity index (χ2n) is 2.49. The molecule has 2 N–H and O–H groups in total. The highest BCUT2D eigenvalue weighted by Gasteiger charge is 1.87. The first-order valence-corrected chi connectivity index (χ1v) is 4.29. The lowest BCUT2D eigenvalue weighted by atomic mass is 10.2. The van der Waals surface area contributed by atoms with E-state index in [1.165, 1.54) is 12.8 Å². The molecule has 0 rings (SSSR count). The largest absolute Gasteiger partial charge is 0.359 e. The smallest absolute Gasteiger partial charge is 0.207 e. The number of nitrogens with one attached hydrogen (secondary N) is 2. The molecule has 0 aromatic carbocycles. The zero-order valence-corrected chi connectivity index (χ0v) is 7.23. The third-order valence-electron chi connectivity index (χ3n) is 1.51. The van der Waals surface area contributed by atoms with E-state index in [2.05, 4.69) is 17.6 Å². The van der Waals surface area contributed by atoms with Crippen LogP contribution in [-0.4, -0.2) is 26.0 Å². The van der Waals surface area contributed by atoms with Crippen LogP contribution in [0.1, 0.15) is 26.2 Å². The molecular formula is C8H18N2O. The van der Waals surface area contributed by atoms with E-state index in [0.717, 1.165) is 32.5 Å². The van der Waals surface area contributed by atoms with E-state index in [-0.39, 0.29) is 0 Å². The molecule has 0 atom stereocenters. The van der Waals surface area contributed by atoms with E-state index < -0.39 is 0 Å². The molecule has 0 spiro atoms. The maximum Gasteiger partial charge on any atom is 0.207 e. The molecule has 0 unspecified atom stereocenters. The maximum absolute atomic E-state index is 9.82. The van der Waals surface area contributed by atoms with Gasteiger partial charge in [-0.2, -0.15) is 0 Å². The molecule has 0 saturated carbocycles. The quantitative estimate of drug-likeness (QED) is 0.399. The van der Waals surface area contributed by atoms with Crippen molar-refractivity contribution in [2.45, 2.75) is 26.2 Å². The van der Waals surface area contributed by atoms with Crippen molar-refractivity contribution in [2.24, 2.45) is 0 Å². The van der Waals surface area contributed by atoms with E-state index in [9.17, 15) is 4.79 Å². The average molecular weight is 158 g/mol. The first-order valence-electron chi connectivity index (χ1n) is 4.29. The topological polar surface area (TPSA) is 41.1 Å². The van der Waals surface area contributed by atoms with Gasteiger partial charge in [0.1, 0.15) is 0 Å². The van der Waals surface area contributed by atoms with Crippen LogP contribution in [-0.2, 0) is 4.79 Å². The summed E-state index contributed by atoms with van der Waals surface area (Å²) >= 11 is 0. The molecule has 0 aliphatic heterocycles. The lowest BCUT2D eigenvalue weighted by Gasteiger charge is -2.00. The minimum atomic E-state index is 0.754.